The van der Waals surface area contributed by atoms with E-state index in [0.717, 1.165) is 37.9 Å². The molecule has 188 valence electrons. The maximum atomic E-state index is 13.2. The average Bonchev–Trinajstić information content (AvgIpc) is 3.08. The number of hydrogen-bond donors (Lipinski definition) is 2. The van der Waals surface area contributed by atoms with Crippen LogP contribution in [0.5, 0.6) is 0 Å². The fourth-order valence-corrected chi connectivity index (χ4v) is 7.21. The molecule has 9 heteroatoms. The average molecular weight is 502 g/mol. The molecule has 2 aliphatic heterocycles. The third-order valence-electron chi connectivity index (χ3n) is 6.85. The number of nitrogens with one attached hydrogen (secondary N) is 2. The molecule has 0 bridgehead atoms. The Labute approximate surface area is 206 Å². The molecular weight excluding hydrogens is 469 g/mol. The highest BCUT2D eigenvalue weighted by Crippen LogP contribution is 2.26. The zero-order valence-electron chi connectivity index (χ0n) is 19.9. The Kier molecular flexibility index (Phi) is 7.86. The summed E-state index contributed by atoms with van der Waals surface area (Å²) in [5.41, 5.74) is 2.07. The Morgan fingerprint density at radius 3 is 2.63 bits per heavy atom. The summed E-state index contributed by atoms with van der Waals surface area (Å²) in [6, 6.07) is 12.3. The van der Waals surface area contributed by atoms with Gasteiger partial charge in [0, 0.05) is 36.3 Å². The molecule has 0 aliphatic carbocycles. The van der Waals surface area contributed by atoms with E-state index in [4.69, 9.17) is 0 Å². The van der Waals surface area contributed by atoms with E-state index in [1.165, 1.54) is 19.1 Å². The first kappa shape index (κ1) is 25.3. The number of halogens is 1. The topological polar surface area (TPSA) is 95.6 Å². The SMILES string of the molecule is CC(=O)c1cccc(NC(=O)N[C@@H]2CS(=O)(=O)C[C@H]2CN2CCCC(Cc3ccc(F)cc3)C2)c1. The summed E-state index contributed by atoms with van der Waals surface area (Å²) < 4.78 is 38.1. The van der Waals surface area contributed by atoms with Gasteiger partial charge in [0.1, 0.15) is 5.82 Å². The molecule has 2 fully saturated rings. The van der Waals surface area contributed by atoms with Gasteiger partial charge in [-0.25, -0.2) is 17.6 Å². The molecule has 2 aromatic rings. The molecule has 35 heavy (non-hydrogen) atoms. The van der Waals surface area contributed by atoms with E-state index in [2.05, 4.69) is 15.5 Å². The number of hydrogen-bond acceptors (Lipinski definition) is 5. The number of amides is 2. The van der Waals surface area contributed by atoms with Crippen LogP contribution in [-0.2, 0) is 16.3 Å². The van der Waals surface area contributed by atoms with E-state index < -0.39 is 21.9 Å². The van der Waals surface area contributed by atoms with E-state index in [0.29, 0.717) is 23.7 Å². The minimum atomic E-state index is -3.25. The zero-order valence-corrected chi connectivity index (χ0v) is 20.7. The Bertz CT molecular complexity index is 1170. The number of rotatable bonds is 7. The summed E-state index contributed by atoms with van der Waals surface area (Å²) >= 11 is 0. The molecule has 2 aliphatic rings. The highest BCUT2D eigenvalue weighted by atomic mass is 32.2. The lowest BCUT2D eigenvalue weighted by Crippen LogP contribution is -2.47. The monoisotopic (exact) mass is 501 g/mol. The molecule has 0 spiro atoms. The fourth-order valence-electron chi connectivity index (χ4n) is 5.18. The molecule has 2 amide bonds. The first-order valence-electron chi connectivity index (χ1n) is 12.0. The molecule has 2 saturated heterocycles. The van der Waals surface area contributed by atoms with Gasteiger partial charge in [0.15, 0.2) is 15.6 Å². The third-order valence-corrected chi connectivity index (χ3v) is 8.65. The first-order chi connectivity index (χ1) is 16.7. The molecule has 0 aromatic heterocycles. The van der Waals surface area contributed by atoms with Crippen LogP contribution >= 0.6 is 0 Å². The molecule has 0 radical (unpaired) electrons. The third kappa shape index (κ3) is 7.11. The quantitative estimate of drug-likeness (QED) is 0.566. The standard InChI is InChI=1S/C26H32FN3O4S/c1-18(31)21-5-2-6-24(13-21)28-26(32)29-25-17-35(33,34)16-22(25)15-30-11-3-4-20(14-30)12-19-7-9-23(27)10-8-19/h2,5-10,13,20,22,25H,3-4,11-12,14-17H2,1H3,(H2,28,29,32)/t20?,22-,25-/m1/s1. The van der Waals surface area contributed by atoms with Crippen LogP contribution in [0.15, 0.2) is 48.5 Å². The van der Waals surface area contributed by atoms with Crippen molar-refractivity contribution in [1.29, 1.82) is 0 Å². The summed E-state index contributed by atoms with van der Waals surface area (Å²) in [7, 11) is -3.25. The Balaban J connectivity index is 1.35. The van der Waals surface area contributed by atoms with E-state index in [1.54, 1.807) is 24.3 Å². The van der Waals surface area contributed by atoms with Crippen LogP contribution < -0.4 is 10.6 Å². The number of piperidine rings is 1. The molecule has 3 atom stereocenters. The van der Waals surface area contributed by atoms with Gasteiger partial charge in [0.2, 0.25) is 0 Å². The van der Waals surface area contributed by atoms with Crippen LogP contribution in [0.1, 0.15) is 35.7 Å². The lowest BCUT2D eigenvalue weighted by Gasteiger charge is -2.35. The molecule has 0 saturated carbocycles. The molecule has 4 rings (SSSR count). The number of Topliss-reactive ketones (excluding diaryl/α,β-unsaturated/α-hetero) is 1. The second kappa shape index (κ2) is 10.9. The van der Waals surface area contributed by atoms with Crippen molar-refractivity contribution in [2.24, 2.45) is 11.8 Å². The van der Waals surface area contributed by atoms with Crippen molar-refractivity contribution in [3.63, 3.8) is 0 Å². The number of anilines is 1. The van der Waals surface area contributed by atoms with Crippen molar-refractivity contribution in [3.8, 4) is 0 Å². The van der Waals surface area contributed by atoms with E-state index >= 15 is 0 Å². The highest BCUT2D eigenvalue weighted by Gasteiger charge is 2.39. The molecule has 1 unspecified atom stereocenters. The van der Waals surface area contributed by atoms with Crippen LogP contribution in [0.3, 0.4) is 0 Å². The predicted molar refractivity (Wildman–Crippen MR) is 134 cm³/mol. The van der Waals surface area contributed by atoms with Crippen LogP contribution in [0, 0.1) is 17.7 Å². The maximum absolute atomic E-state index is 13.2. The summed E-state index contributed by atoms with van der Waals surface area (Å²) in [5.74, 6) is -0.136. The van der Waals surface area contributed by atoms with Gasteiger partial charge in [-0.3, -0.25) is 4.79 Å². The lowest BCUT2D eigenvalue weighted by molar-refractivity contribution is 0.101. The van der Waals surface area contributed by atoms with Crippen LogP contribution in [0.4, 0.5) is 14.9 Å². The number of carbonyl (C=O) groups excluding carboxylic acids is 2. The van der Waals surface area contributed by atoms with Crippen molar-refractivity contribution >= 4 is 27.3 Å². The van der Waals surface area contributed by atoms with Crippen molar-refractivity contribution in [3.05, 3.63) is 65.5 Å². The summed E-state index contributed by atoms with van der Waals surface area (Å²) in [6.45, 7) is 3.81. The molecule has 2 heterocycles. The van der Waals surface area contributed by atoms with Gasteiger partial charge in [-0.2, -0.15) is 0 Å². The second-order valence-corrected chi connectivity index (χ2v) is 11.9. The number of benzene rings is 2. The number of sulfone groups is 1. The number of likely N-dealkylation sites (tertiary alicyclic amines) is 1. The van der Waals surface area contributed by atoms with Gasteiger partial charge in [-0.05, 0) is 68.5 Å². The van der Waals surface area contributed by atoms with Crippen molar-refractivity contribution < 1.29 is 22.4 Å². The Morgan fingerprint density at radius 2 is 1.89 bits per heavy atom. The van der Waals surface area contributed by atoms with E-state index in [1.807, 2.05) is 12.1 Å². The van der Waals surface area contributed by atoms with Crippen LogP contribution in [-0.4, -0.2) is 62.3 Å². The van der Waals surface area contributed by atoms with Crippen molar-refractivity contribution in [2.45, 2.75) is 32.2 Å². The summed E-state index contributed by atoms with van der Waals surface area (Å²) in [4.78, 5) is 26.5. The molecular formula is C26H32FN3O4S. The van der Waals surface area contributed by atoms with E-state index in [9.17, 15) is 22.4 Å². The number of urea groups is 1. The number of carbonyl (C=O) groups is 2. The van der Waals surface area contributed by atoms with Crippen LogP contribution in [0.25, 0.3) is 0 Å². The van der Waals surface area contributed by atoms with Crippen LogP contribution in [0.2, 0.25) is 0 Å². The normalized spacial score (nSPS) is 24.1. The van der Waals surface area contributed by atoms with Gasteiger partial charge in [-0.1, -0.05) is 24.3 Å². The van der Waals surface area contributed by atoms with Crippen molar-refractivity contribution in [1.82, 2.24) is 10.2 Å². The summed E-state index contributed by atoms with van der Waals surface area (Å²) in [6.07, 6.45) is 2.97. The highest BCUT2D eigenvalue weighted by molar-refractivity contribution is 7.91. The number of nitrogens with zero attached hydrogens (tertiary/aromatic N) is 1. The minimum Gasteiger partial charge on any atom is -0.334 e. The second-order valence-electron chi connectivity index (χ2n) is 9.78. The number of ketones is 1. The van der Waals surface area contributed by atoms with Gasteiger partial charge in [0.05, 0.1) is 11.5 Å². The van der Waals surface area contributed by atoms with Gasteiger partial charge in [0.25, 0.3) is 0 Å². The molecule has 7 nitrogen and oxygen atoms in total. The van der Waals surface area contributed by atoms with Gasteiger partial charge < -0.3 is 15.5 Å². The van der Waals surface area contributed by atoms with E-state index in [-0.39, 0.29) is 29.0 Å². The Morgan fingerprint density at radius 1 is 1.11 bits per heavy atom. The zero-order chi connectivity index (χ0) is 25.0. The molecule has 2 aromatic carbocycles. The lowest BCUT2D eigenvalue weighted by atomic mass is 9.90. The summed E-state index contributed by atoms with van der Waals surface area (Å²) in [5, 5.41) is 5.57. The minimum absolute atomic E-state index is 0.0525. The molecule has 2 N–H and O–H groups in total. The largest absolute Gasteiger partial charge is 0.334 e. The van der Waals surface area contributed by atoms with Gasteiger partial charge in [-0.15, -0.1) is 0 Å². The predicted octanol–water partition coefficient (Wildman–Crippen LogP) is 3.52. The van der Waals surface area contributed by atoms with Gasteiger partial charge >= 0.3 is 6.03 Å². The smallest absolute Gasteiger partial charge is 0.319 e. The maximum Gasteiger partial charge on any atom is 0.319 e. The van der Waals surface area contributed by atoms with Crippen molar-refractivity contribution in [2.75, 3.05) is 36.5 Å². The fraction of sp³-hybridized carbons (Fsp3) is 0.462. The first-order valence-corrected chi connectivity index (χ1v) is 13.8. The Hall–Kier alpha value is -2.78.